The lowest BCUT2D eigenvalue weighted by molar-refractivity contribution is -0.134. The summed E-state index contributed by atoms with van der Waals surface area (Å²) in [6, 6.07) is 3.67. The first kappa shape index (κ1) is 18.3. The van der Waals surface area contributed by atoms with Crippen molar-refractivity contribution in [2.24, 2.45) is 0 Å². The summed E-state index contributed by atoms with van der Waals surface area (Å²) >= 11 is 0. The van der Waals surface area contributed by atoms with Gasteiger partial charge in [-0.15, -0.1) is 0 Å². The van der Waals surface area contributed by atoms with Gasteiger partial charge in [-0.25, -0.2) is 9.97 Å². The molecule has 0 saturated carbocycles. The maximum Gasteiger partial charge on any atom is 0.290 e. The van der Waals surface area contributed by atoms with Gasteiger partial charge in [-0.2, -0.15) is 0 Å². The molecule has 0 bridgehead atoms. The van der Waals surface area contributed by atoms with E-state index in [1.807, 2.05) is 34.7 Å². The van der Waals surface area contributed by atoms with Gasteiger partial charge in [-0.3, -0.25) is 14.6 Å². The predicted octanol–water partition coefficient (Wildman–Crippen LogP) is 1.18. The monoisotopic (exact) mass is 368 g/mol. The Labute approximate surface area is 155 Å². The second kappa shape index (κ2) is 8.26. The number of hydrogen-bond acceptors (Lipinski definition) is 5. The number of amides is 1. The molecule has 0 aromatic carbocycles. The van der Waals surface area contributed by atoms with E-state index in [2.05, 4.69) is 19.9 Å². The van der Waals surface area contributed by atoms with Crippen LogP contribution in [0.15, 0.2) is 43.2 Å². The first-order valence-electron chi connectivity index (χ1n) is 8.42. The van der Waals surface area contributed by atoms with Gasteiger partial charge in [0.15, 0.2) is 0 Å². The lowest BCUT2D eigenvalue weighted by Gasteiger charge is -2.35. The van der Waals surface area contributed by atoms with E-state index in [9.17, 15) is 4.79 Å². The summed E-state index contributed by atoms with van der Waals surface area (Å²) in [6.07, 6.45) is 9.55. The standard InChI is InChI=1S/C17H18N6O.CH2O2/c1-12-19-6-8-22(12)10-15(24)23-7-4-14-16(21-11-20-14)17(23)13-3-2-5-18-9-13;2-1-3/h2-3,5-6,8-9,11,17H,4,7,10H2,1H3,(H,20,21);1H,(H,2,3). The number of carbonyl (C=O) groups is 2. The summed E-state index contributed by atoms with van der Waals surface area (Å²) in [5.41, 5.74) is 2.97. The highest BCUT2D eigenvalue weighted by Crippen LogP contribution is 2.33. The molecule has 1 amide bonds. The first-order valence-corrected chi connectivity index (χ1v) is 8.42. The van der Waals surface area contributed by atoms with Crippen molar-refractivity contribution >= 4 is 12.4 Å². The minimum atomic E-state index is -0.250. The molecule has 0 fully saturated rings. The van der Waals surface area contributed by atoms with Crippen molar-refractivity contribution in [1.29, 1.82) is 0 Å². The van der Waals surface area contributed by atoms with Crippen LogP contribution in [0.1, 0.15) is 28.8 Å². The van der Waals surface area contributed by atoms with E-state index in [4.69, 9.17) is 9.90 Å². The molecule has 0 aliphatic carbocycles. The van der Waals surface area contributed by atoms with Crippen molar-refractivity contribution in [3.8, 4) is 0 Å². The fourth-order valence-electron chi connectivity index (χ4n) is 3.23. The minimum absolute atomic E-state index is 0.0543. The molecule has 4 heterocycles. The number of nitrogens with zero attached hydrogens (tertiary/aromatic N) is 5. The van der Waals surface area contributed by atoms with Crippen LogP contribution in [-0.2, 0) is 22.6 Å². The normalized spacial score (nSPS) is 15.4. The Balaban J connectivity index is 0.000000659. The molecule has 9 nitrogen and oxygen atoms in total. The number of hydrogen-bond donors (Lipinski definition) is 2. The molecule has 27 heavy (non-hydrogen) atoms. The highest BCUT2D eigenvalue weighted by atomic mass is 16.3. The summed E-state index contributed by atoms with van der Waals surface area (Å²) in [4.78, 5) is 39.2. The van der Waals surface area contributed by atoms with E-state index in [1.165, 1.54) is 0 Å². The van der Waals surface area contributed by atoms with Crippen molar-refractivity contribution in [3.63, 3.8) is 0 Å². The smallest absolute Gasteiger partial charge is 0.290 e. The van der Waals surface area contributed by atoms with Gasteiger partial charge in [0.1, 0.15) is 18.4 Å². The Morgan fingerprint density at radius 3 is 2.89 bits per heavy atom. The number of H-pyrrole nitrogens is 1. The molecule has 3 aromatic heterocycles. The van der Waals surface area contributed by atoms with Gasteiger partial charge in [-0.05, 0) is 18.6 Å². The average molecular weight is 368 g/mol. The molecule has 1 aliphatic rings. The maximum atomic E-state index is 13.0. The van der Waals surface area contributed by atoms with Crippen LogP contribution in [-0.4, -0.2) is 53.4 Å². The Morgan fingerprint density at radius 1 is 1.41 bits per heavy atom. The minimum Gasteiger partial charge on any atom is -0.483 e. The second-order valence-corrected chi connectivity index (χ2v) is 6.00. The van der Waals surface area contributed by atoms with Crippen molar-refractivity contribution in [2.45, 2.75) is 25.9 Å². The average Bonchev–Trinajstić information content (AvgIpc) is 3.31. The van der Waals surface area contributed by atoms with E-state index in [1.54, 1.807) is 24.9 Å². The molecule has 2 N–H and O–H groups in total. The summed E-state index contributed by atoms with van der Waals surface area (Å²) in [6.45, 7) is 2.58. The van der Waals surface area contributed by atoms with Gasteiger partial charge in [0, 0.05) is 43.4 Å². The number of imidazole rings is 2. The number of rotatable bonds is 3. The van der Waals surface area contributed by atoms with Crippen LogP contribution in [0.3, 0.4) is 0 Å². The molecular formula is C18H20N6O3. The Bertz CT molecular complexity index is 905. The molecule has 3 aromatic rings. The van der Waals surface area contributed by atoms with Crippen LogP contribution in [0, 0.1) is 6.92 Å². The molecule has 1 atom stereocenters. The third-order valence-corrected chi connectivity index (χ3v) is 4.47. The highest BCUT2D eigenvalue weighted by Gasteiger charge is 2.34. The third kappa shape index (κ3) is 3.86. The van der Waals surface area contributed by atoms with Gasteiger partial charge in [0.25, 0.3) is 6.47 Å². The van der Waals surface area contributed by atoms with Gasteiger partial charge in [0.05, 0.1) is 12.0 Å². The predicted molar refractivity (Wildman–Crippen MR) is 95.7 cm³/mol. The molecule has 0 saturated heterocycles. The zero-order chi connectivity index (χ0) is 19.2. The van der Waals surface area contributed by atoms with E-state index < -0.39 is 0 Å². The lowest BCUT2D eigenvalue weighted by atomic mass is 9.96. The quantitative estimate of drug-likeness (QED) is 0.671. The second-order valence-electron chi connectivity index (χ2n) is 6.00. The lowest BCUT2D eigenvalue weighted by Crippen LogP contribution is -2.42. The van der Waals surface area contributed by atoms with Crippen LogP contribution < -0.4 is 0 Å². The topological polar surface area (TPSA) is 117 Å². The highest BCUT2D eigenvalue weighted by molar-refractivity contribution is 5.77. The van der Waals surface area contributed by atoms with Gasteiger partial charge < -0.3 is 19.6 Å². The summed E-state index contributed by atoms with van der Waals surface area (Å²) in [5.74, 6) is 0.886. The Kier molecular flexibility index (Phi) is 5.60. The van der Waals surface area contributed by atoms with Crippen molar-refractivity contribution in [1.82, 2.24) is 29.4 Å². The molecule has 0 spiro atoms. The number of carbonyl (C=O) groups excluding carboxylic acids is 1. The number of fused-ring (bicyclic) bond motifs is 1. The van der Waals surface area contributed by atoms with E-state index in [-0.39, 0.29) is 25.0 Å². The molecule has 1 unspecified atom stereocenters. The van der Waals surface area contributed by atoms with Crippen LogP contribution in [0.25, 0.3) is 0 Å². The van der Waals surface area contributed by atoms with E-state index in [0.717, 1.165) is 29.2 Å². The molecule has 0 radical (unpaired) electrons. The van der Waals surface area contributed by atoms with Crippen LogP contribution >= 0.6 is 0 Å². The first-order chi connectivity index (χ1) is 13.2. The molecular weight excluding hydrogens is 348 g/mol. The zero-order valence-electron chi connectivity index (χ0n) is 14.8. The van der Waals surface area contributed by atoms with Gasteiger partial charge in [0.2, 0.25) is 5.91 Å². The van der Waals surface area contributed by atoms with Crippen molar-refractivity contribution in [2.75, 3.05) is 6.54 Å². The summed E-state index contributed by atoms with van der Waals surface area (Å²) in [7, 11) is 0. The van der Waals surface area contributed by atoms with Crippen molar-refractivity contribution in [3.05, 3.63) is 66.0 Å². The number of aromatic amines is 1. The Hall–Kier alpha value is -3.49. The number of aryl methyl sites for hydroxylation is 1. The summed E-state index contributed by atoms with van der Waals surface area (Å²) in [5, 5.41) is 6.89. The third-order valence-electron chi connectivity index (χ3n) is 4.47. The fraction of sp³-hybridized carbons (Fsp3) is 0.278. The SMILES string of the molecule is Cc1nccn1CC(=O)N1CCc2[nH]cnc2C1c1cccnc1.O=CO. The van der Waals surface area contributed by atoms with Gasteiger partial charge >= 0.3 is 0 Å². The molecule has 4 rings (SSSR count). The number of aromatic nitrogens is 5. The van der Waals surface area contributed by atoms with E-state index in [0.29, 0.717) is 6.54 Å². The fourth-order valence-corrected chi connectivity index (χ4v) is 3.23. The molecule has 9 heteroatoms. The molecule has 1 aliphatic heterocycles. The van der Waals surface area contributed by atoms with E-state index >= 15 is 0 Å². The van der Waals surface area contributed by atoms with Crippen LogP contribution in [0.5, 0.6) is 0 Å². The van der Waals surface area contributed by atoms with Crippen LogP contribution in [0.4, 0.5) is 0 Å². The number of pyridine rings is 1. The zero-order valence-corrected chi connectivity index (χ0v) is 14.8. The largest absolute Gasteiger partial charge is 0.483 e. The van der Waals surface area contributed by atoms with Crippen molar-refractivity contribution < 1.29 is 14.7 Å². The number of carboxylic acid groups (broad SMARTS) is 1. The van der Waals surface area contributed by atoms with Gasteiger partial charge in [-0.1, -0.05) is 6.07 Å². The Morgan fingerprint density at radius 2 is 2.22 bits per heavy atom. The molecule has 140 valence electrons. The summed E-state index contributed by atoms with van der Waals surface area (Å²) < 4.78 is 1.86. The number of nitrogens with one attached hydrogen (secondary N) is 1. The van der Waals surface area contributed by atoms with Crippen LogP contribution in [0.2, 0.25) is 0 Å². The maximum absolute atomic E-state index is 13.0.